The van der Waals surface area contributed by atoms with E-state index in [1.165, 1.54) is 0 Å². The molecule has 5 heteroatoms. The zero-order valence-electron chi connectivity index (χ0n) is 12.2. The molecule has 2 rings (SSSR count). The van der Waals surface area contributed by atoms with Crippen LogP contribution in [0.2, 0.25) is 0 Å². The third kappa shape index (κ3) is 3.05. The lowest BCUT2D eigenvalue weighted by molar-refractivity contribution is 0.192. The summed E-state index contributed by atoms with van der Waals surface area (Å²) in [4.78, 5) is 0.366. The van der Waals surface area contributed by atoms with Crippen molar-refractivity contribution in [3.63, 3.8) is 0 Å². The van der Waals surface area contributed by atoms with E-state index in [1.807, 2.05) is 19.9 Å². The fraction of sp³-hybridized carbons (Fsp3) is 0.600. The van der Waals surface area contributed by atoms with Gasteiger partial charge >= 0.3 is 0 Å². The Kier molecular flexibility index (Phi) is 4.83. The second-order valence-electron chi connectivity index (χ2n) is 5.52. The van der Waals surface area contributed by atoms with Crippen LogP contribution < -0.4 is 0 Å². The first kappa shape index (κ1) is 15.5. The molecule has 1 aliphatic rings. The van der Waals surface area contributed by atoms with Gasteiger partial charge in [-0.15, -0.1) is 0 Å². The van der Waals surface area contributed by atoms with Gasteiger partial charge in [-0.3, -0.25) is 0 Å². The van der Waals surface area contributed by atoms with Crippen molar-refractivity contribution in [3.05, 3.63) is 29.3 Å². The molecule has 112 valence electrons. The number of hydrogen-bond donors (Lipinski definition) is 1. The standard InChI is InChI=1S/C15H23NO3S/c1-12-6-7-15(11-13(12)2)20(18,19)16-9-4-3-5-14(16)8-10-17/h6-7,11,14,17H,3-5,8-10H2,1-2H3. The first-order valence-corrected chi connectivity index (χ1v) is 8.61. The van der Waals surface area contributed by atoms with Crippen LogP contribution in [0.4, 0.5) is 0 Å². The van der Waals surface area contributed by atoms with Gasteiger partial charge in [0.25, 0.3) is 0 Å². The van der Waals surface area contributed by atoms with Crippen LogP contribution in [0, 0.1) is 13.8 Å². The van der Waals surface area contributed by atoms with Crippen LogP contribution in [0.15, 0.2) is 23.1 Å². The predicted octanol–water partition coefficient (Wildman–Crippen LogP) is 2.23. The lowest BCUT2D eigenvalue weighted by Crippen LogP contribution is -2.44. The normalized spacial score (nSPS) is 21.1. The van der Waals surface area contributed by atoms with Crippen LogP contribution in [0.1, 0.15) is 36.8 Å². The smallest absolute Gasteiger partial charge is 0.243 e. The molecule has 1 aromatic rings. The molecule has 0 bridgehead atoms. The number of aliphatic hydroxyl groups is 1. The number of hydrogen-bond acceptors (Lipinski definition) is 3. The molecule has 0 aromatic heterocycles. The average molecular weight is 297 g/mol. The predicted molar refractivity (Wildman–Crippen MR) is 79.1 cm³/mol. The molecule has 1 aromatic carbocycles. The Morgan fingerprint density at radius 3 is 2.65 bits per heavy atom. The Hall–Kier alpha value is -0.910. The van der Waals surface area contributed by atoms with E-state index in [9.17, 15) is 8.42 Å². The zero-order chi connectivity index (χ0) is 14.8. The lowest BCUT2D eigenvalue weighted by Gasteiger charge is -2.34. The van der Waals surface area contributed by atoms with E-state index in [-0.39, 0.29) is 12.6 Å². The molecule has 4 nitrogen and oxygen atoms in total. The molecule has 0 aliphatic carbocycles. The van der Waals surface area contributed by atoms with Gasteiger partial charge in [0.15, 0.2) is 0 Å². The highest BCUT2D eigenvalue weighted by molar-refractivity contribution is 7.89. The topological polar surface area (TPSA) is 57.6 Å². The molecule has 20 heavy (non-hydrogen) atoms. The number of benzene rings is 1. The van der Waals surface area contributed by atoms with Gasteiger partial charge in [0, 0.05) is 19.2 Å². The number of sulfonamides is 1. The molecule has 0 spiro atoms. The van der Waals surface area contributed by atoms with Gasteiger partial charge in [0.05, 0.1) is 4.90 Å². The summed E-state index contributed by atoms with van der Waals surface area (Å²) in [7, 11) is -3.45. The van der Waals surface area contributed by atoms with Gasteiger partial charge in [-0.2, -0.15) is 4.31 Å². The summed E-state index contributed by atoms with van der Waals surface area (Å²) in [6.45, 7) is 4.49. The Morgan fingerprint density at radius 1 is 1.25 bits per heavy atom. The molecular weight excluding hydrogens is 274 g/mol. The van der Waals surface area contributed by atoms with Gasteiger partial charge in [-0.1, -0.05) is 12.5 Å². The maximum atomic E-state index is 12.8. The molecule has 1 fully saturated rings. The first-order chi connectivity index (χ1) is 9.46. The molecule has 1 atom stereocenters. The second-order valence-corrected chi connectivity index (χ2v) is 7.41. The highest BCUT2D eigenvalue weighted by atomic mass is 32.2. The number of nitrogens with zero attached hydrogens (tertiary/aromatic N) is 1. The van der Waals surface area contributed by atoms with Crippen molar-refractivity contribution in [1.82, 2.24) is 4.31 Å². The summed E-state index contributed by atoms with van der Waals surface area (Å²) in [5, 5.41) is 9.13. The van der Waals surface area contributed by atoms with Crippen LogP contribution in [0.25, 0.3) is 0 Å². The van der Waals surface area contributed by atoms with Crippen LogP contribution in [0.5, 0.6) is 0 Å². The summed E-state index contributed by atoms with van der Waals surface area (Å²) < 4.78 is 27.1. The van der Waals surface area contributed by atoms with E-state index < -0.39 is 10.0 Å². The van der Waals surface area contributed by atoms with Gasteiger partial charge in [-0.25, -0.2) is 8.42 Å². The fourth-order valence-corrected chi connectivity index (χ4v) is 4.55. The Morgan fingerprint density at radius 2 is 2.00 bits per heavy atom. The number of aliphatic hydroxyl groups excluding tert-OH is 1. The minimum atomic E-state index is -3.45. The van der Waals surface area contributed by atoms with Crippen LogP contribution in [0.3, 0.4) is 0 Å². The Labute approximate surface area is 121 Å². The summed E-state index contributed by atoms with van der Waals surface area (Å²) in [6, 6.07) is 5.21. The van der Waals surface area contributed by atoms with Gasteiger partial charge in [-0.05, 0) is 56.4 Å². The third-order valence-electron chi connectivity index (χ3n) is 4.12. The Balaban J connectivity index is 2.34. The lowest BCUT2D eigenvalue weighted by atomic mass is 10.0. The monoisotopic (exact) mass is 297 g/mol. The minimum Gasteiger partial charge on any atom is -0.396 e. The van der Waals surface area contributed by atoms with E-state index in [4.69, 9.17) is 5.11 Å². The third-order valence-corrected chi connectivity index (χ3v) is 6.07. The molecule has 1 heterocycles. The first-order valence-electron chi connectivity index (χ1n) is 7.17. The van der Waals surface area contributed by atoms with Crippen molar-refractivity contribution in [3.8, 4) is 0 Å². The average Bonchev–Trinajstić information content (AvgIpc) is 2.42. The van der Waals surface area contributed by atoms with E-state index in [0.717, 1.165) is 30.4 Å². The SMILES string of the molecule is Cc1ccc(S(=O)(=O)N2CCCCC2CCO)cc1C. The van der Waals surface area contributed by atoms with E-state index in [0.29, 0.717) is 17.9 Å². The summed E-state index contributed by atoms with van der Waals surface area (Å²) >= 11 is 0. The molecular formula is C15H23NO3S. The Bertz CT molecular complexity index is 566. The molecule has 1 unspecified atom stereocenters. The van der Waals surface area contributed by atoms with Crippen LogP contribution in [-0.2, 0) is 10.0 Å². The second kappa shape index (κ2) is 6.24. The molecule has 0 radical (unpaired) electrons. The number of piperidine rings is 1. The van der Waals surface area contributed by atoms with Crippen molar-refractivity contribution in [1.29, 1.82) is 0 Å². The van der Waals surface area contributed by atoms with E-state index in [2.05, 4.69) is 0 Å². The maximum absolute atomic E-state index is 12.8. The van der Waals surface area contributed by atoms with Crippen molar-refractivity contribution < 1.29 is 13.5 Å². The zero-order valence-corrected chi connectivity index (χ0v) is 13.0. The highest BCUT2D eigenvalue weighted by Crippen LogP contribution is 2.27. The molecule has 0 amide bonds. The van der Waals surface area contributed by atoms with Crippen molar-refractivity contribution in [2.75, 3.05) is 13.2 Å². The van der Waals surface area contributed by atoms with Crippen molar-refractivity contribution >= 4 is 10.0 Å². The number of aryl methyl sites for hydroxylation is 2. The van der Waals surface area contributed by atoms with E-state index in [1.54, 1.807) is 16.4 Å². The van der Waals surface area contributed by atoms with Gasteiger partial charge < -0.3 is 5.11 Å². The molecule has 0 saturated carbocycles. The summed E-state index contributed by atoms with van der Waals surface area (Å²) in [5.74, 6) is 0. The van der Waals surface area contributed by atoms with Crippen LogP contribution in [-0.4, -0.2) is 37.0 Å². The minimum absolute atomic E-state index is 0.0314. The quantitative estimate of drug-likeness (QED) is 0.927. The summed E-state index contributed by atoms with van der Waals surface area (Å²) in [6.07, 6.45) is 3.28. The molecule has 1 aliphatic heterocycles. The highest BCUT2D eigenvalue weighted by Gasteiger charge is 2.33. The van der Waals surface area contributed by atoms with Gasteiger partial charge in [0.2, 0.25) is 10.0 Å². The van der Waals surface area contributed by atoms with E-state index >= 15 is 0 Å². The van der Waals surface area contributed by atoms with Crippen molar-refractivity contribution in [2.24, 2.45) is 0 Å². The molecule has 1 saturated heterocycles. The van der Waals surface area contributed by atoms with Crippen LogP contribution >= 0.6 is 0 Å². The maximum Gasteiger partial charge on any atom is 0.243 e. The van der Waals surface area contributed by atoms with Crippen molar-refractivity contribution in [2.45, 2.75) is 50.5 Å². The fourth-order valence-electron chi connectivity index (χ4n) is 2.74. The summed E-state index contributed by atoms with van der Waals surface area (Å²) in [5.41, 5.74) is 2.08. The molecule has 1 N–H and O–H groups in total. The largest absolute Gasteiger partial charge is 0.396 e. The number of rotatable bonds is 4. The van der Waals surface area contributed by atoms with Gasteiger partial charge in [0.1, 0.15) is 0 Å².